The molecule has 1 N–H and O–H groups in total. The lowest BCUT2D eigenvalue weighted by Crippen LogP contribution is -2.44. The van der Waals surface area contributed by atoms with Gasteiger partial charge in [0.15, 0.2) is 0 Å². The van der Waals surface area contributed by atoms with Gasteiger partial charge in [0.1, 0.15) is 5.75 Å². The number of hydrogen-bond acceptors (Lipinski definition) is 3. The zero-order valence-corrected chi connectivity index (χ0v) is 14.7. The molecule has 0 aliphatic carbocycles. The molecule has 3 heteroatoms. The second kappa shape index (κ2) is 8.54. The highest BCUT2D eigenvalue weighted by atomic mass is 16.5. The maximum atomic E-state index is 5.99. The quantitative estimate of drug-likeness (QED) is 0.836. The molecule has 2 rings (SSSR count). The summed E-state index contributed by atoms with van der Waals surface area (Å²) >= 11 is 0. The van der Waals surface area contributed by atoms with E-state index in [4.69, 9.17) is 4.74 Å². The van der Waals surface area contributed by atoms with E-state index in [0.29, 0.717) is 11.8 Å². The van der Waals surface area contributed by atoms with E-state index in [1.165, 1.54) is 24.2 Å². The van der Waals surface area contributed by atoms with Crippen molar-refractivity contribution in [2.45, 2.75) is 40.0 Å². The number of ether oxygens (including phenoxy) is 1. The van der Waals surface area contributed by atoms with Gasteiger partial charge in [-0.3, -0.25) is 0 Å². The number of benzene rings is 1. The molecule has 1 heterocycles. The minimum atomic E-state index is 0.501. The van der Waals surface area contributed by atoms with Gasteiger partial charge in [-0.2, -0.15) is 0 Å². The van der Waals surface area contributed by atoms with Gasteiger partial charge in [-0.1, -0.05) is 39.8 Å². The first-order valence-corrected chi connectivity index (χ1v) is 8.75. The van der Waals surface area contributed by atoms with Crippen molar-refractivity contribution in [3.63, 3.8) is 0 Å². The van der Waals surface area contributed by atoms with E-state index in [0.717, 1.165) is 38.4 Å². The van der Waals surface area contributed by atoms with Crippen molar-refractivity contribution in [2.24, 2.45) is 5.92 Å². The third-order valence-corrected chi connectivity index (χ3v) is 4.19. The Bertz CT molecular complexity index is 451. The molecule has 1 saturated heterocycles. The predicted octanol–water partition coefficient (Wildman–Crippen LogP) is 3.29. The number of hydrogen-bond donors (Lipinski definition) is 1. The molecule has 0 bridgehead atoms. The van der Waals surface area contributed by atoms with E-state index >= 15 is 0 Å². The fraction of sp³-hybridized carbons (Fsp3) is 0.684. The average Bonchev–Trinajstić information content (AvgIpc) is 2.52. The summed E-state index contributed by atoms with van der Waals surface area (Å²) in [5, 5.41) is 3.41. The lowest BCUT2D eigenvalue weighted by atomic mass is 9.98. The Hall–Kier alpha value is -1.06. The molecule has 22 heavy (non-hydrogen) atoms. The summed E-state index contributed by atoms with van der Waals surface area (Å²) in [6.07, 6.45) is 1.13. The second-order valence-electron chi connectivity index (χ2n) is 7.07. The van der Waals surface area contributed by atoms with E-state index in [9.17, 15) is 0 Å². The van der Waals surface area contributed by atoms with Gasteiger partial charge in [-0.05, 0) is 35.4 Å². The van der Waals surface area contributed by atoms with E-state index in [2.05, 4.69) is 56.1 Å². The normalized spacial score (nSPS) is 16.5. The zero-order valence-electron chi connectivity index (χ0n) is 14.7. The summed E-state index contributed by atoms with van der Waals surface area (Å²) in [4.78, 5) is 2.55. The van der Waals surface area contributed by atoms with Crippen molar-refractivity contribution < 1.29 is 4.74 Å². The molecular weight excluding hydrogens is 272 g/mol. The van der Waals surface area contributed by atoms with Crippen LogP contribution in [0.3, 0.4) is 0 Å². The highest BCUT2D eigenvalue weighted by Crippen LogP contribution is 2.28. The van der Waals surface area contributed by atoms with Gasteiger partial charge in [0.05, 0.1) is 6.61 Å². The Morgan fingerprint density at radius 2 is 1.86 bits per heavy atom. The molecule has 124 valence electrons. The molecule has 0 aromatic heterocycles. The van der Waals surface area contributed by atoms with Crippen LogP contribution in [0.25, 0.3) is 0 Å². The van der Waals surface area contributed by atoms with Crippen LogP contribution in [0.1, 0.15) is 44.7 Å². The molecule has 0 spiro atoms. The van der Waals surface area contributed by atoms with Crippen LogP contribution in [0.2, 0.25) is 0 Å². The maximum absolute atomic E-state index is 5.99. The Morgan fingerprint density at radius 3 is 2.50 bits per heavy atom. The fourth-order valence-corrected chi connectivity index (χ4v) is 2.81. The molecule has 1 aromatic carbocycles. The van der Waals surface area contributed by atoms with Crippen molar-refractivity contribution in [3.8, 4) is 5.75 Å². The third kappa shape index (κ3) is 5.29. The SMILES string of the molecule is CC(C)COc1ccc(CCN2CCNCC2)cc1C(C)C. The number of rotatable bonds is 7. The van der Waals surface area contributed by atoms with Crippen molar-refractivity contribution in [1.29, 1.82) is 0 Å². The van der Waals surface area contributed by atoms with Gasteiger partial charge in [0, 0.05) is 32.7 Å². The molecule has 0 saturated carbocycles. The zero-order chi connectivity index (χ0) is 15.9. The van der Waals surface area contributed by atoms with Gasteiger partial charge in [-0.25, -0.2) is 0 Å². The summed E-state index contributed by atoms with van der Waals surface area (Å²) in [6.45, 7) is 15.4. The number of nitrogens with zero attached hydrogens (tertiary/aromatic N) is 1. The first kappa shape index (κ1) is 17.3. The Kier molecular flexibility index (Phi) is 6.71. The maximum Gasteiger partial charge on any atom is 0.122 e. The van der Waals surface area contributed by atoms with Crippen LogP contribution >= 0.6 is 0 Å². The molecule has 1 fully saturated rings. The summed E-state index contributed by atoms with van der Waals surface area (Å²) in [7, 11) is 0. The van der Waals surface area contributed by atoms with Gasteiger partial charge in [-0.15, -0.1) is 0 Å². The van der Waals surface area contributed by atoms with Crippen LogP contribution in [0.5, 0.6) is 5.75 Å². The monoisotopic (exact) mass is 304 g/mol. The highest BCUT2D eigenvalue weighted by molar-refractivity contribution is 5.39. The second-order valence-corrected chi connectivity index (χ2v) is 7.07. The van der Waals surface area contributed by atoms with Crippen LogP contribution in [0.15, 0.2) is 18.2 Å². The van der Waals surface area contributed by atoms with Gasteiger partial charge >= 0.3 is 0 Å². The Balaban J connectivity index is 1.98. The van der Waals surface area contributed by atoms with Crippen LogP contribution in [0, 0.1) is 5.92 Å². The van der Waals surface area contributed by atoms with Gasteiger partial charge in [0.2, 0.25) is 0 Å². The first-order valence-electron chi connectivity index (χ1n) is 8.75. The molecule has 0 atom stereocenters. The summed E-state index contributed by atoms with van der Waals surface area (Å²) in [5.74, 6) is 2.13. The summed E-state index contributed by atoms with van der Waals surface area (Å²) in [5.41, 5.74) is 2.78. The van der Waals surface area contributed by atoms with Crippen LogP contribution in [-0.4, -0.2) is 44.2 Å². The summed E-state index contributed by atoms with van der Waals surface area (Å²) in [6, 6.07) is 6.76. The third-order valence-electron chi connectivity index (χ3n) is 4.19. The van der Waals surface area contributed by atoms with Crippen molar-refractivity contribution >= 4 is 0 Å². The van der Waals surface area contributed by atoms with Crippen molar-refractivity contribution in [2.75, 3.05) is 39.3 Å². The smallest absolute Gasteiger partial charge is 0.122 e. The average molecular weight is 304 g/mol. The first-order chi connectivity index (χ1) is 10.6. The topological polar surface area (TPSA) is 24.5 Å². The molecule has 0 radical (unpaired) electrons. The summed E-state index contributed by atoms with van der Waals surface area (Å²) < 4.78 is 5.99. The molecule has 1 aromatic rings. The fourth-order valence-electron chi connectivity index (χ4n) is 2.81. The standard InChI is InChI=1S/C19H32N2O/c1-15(2)14-22-19-6-5-17(13-18(19)16(3)4)7-10-21-11-8-20-9-12-21/h5-6,13,15-16,20H,7-12,14H2,1-4H3. The van der Waals surface area contributed by atoms with E-state index in [1.807, 2.05) is 0 Å². The predicted molar refractivity (Wildman–Crippen MR) is 93.9 cm³/mol. The largest absolute Gasteiger partial charge is 0.493 e. The van der Waals surface area contributed by atoms with E-state index < -0.39 is 0 Å². The Morgan fingerprint density at radius 1 is 1.14 bits per heavy atom. The lowest BCUT2D eigenvalue weighted by Gasteiger charge is -2.27. The molecule has 1 aliphatic heterocycles. The molecule has 0 amide bonds. The molecule has 0 unspecified atom stereocenters. The molecule has 3 nitrogen and oxygen atoms in total. The van der Waals surface area contributed by atoms with Gasteiger partial charge < -0.3 is 15.0 Å². The molecule has 1 aliphatic rings. The van der Waals surface area contributed by atoms with Crippen LogP contribution < -0.4 is 10.1 Å². The minimum Gasteiger partial charge on any atom is -0.493 e. The Labute approximate surface area is 136 Å². The number of piperazine rings is 1. The van der Waals surface area contributed by atoms with E-state index in [-0.39, 0.29) is 0 Å². The van der Waals surface area contributed by atoms with Crippen LogP contribution in [0.4, 0.5) is 0 Å². The number of nitrogens with one attached hydrogen (secondary N) is 1. The van der Waals surface area contributed by atoms with Gasteiger partial charge in [0.25, 0.3) is 0 Å². The van der Waals surface area contributed by atoms with Crippen LogP contribution in [-0.2, 0) is 6.42 Å². The minimum absolute atomic E-state index is 0.501. The van der Waals surface area contributed by atoms with Crippen molar-refractivity contribution in [3.05, 3.63) is 29.3 Å². The van der Waals surface area contributed by atoms with E-state index in [1.54, 1.807) is 0 Å². The highest BCUT2D eigenvalue weighted by Gasteiger charge is 2.12. The lowest BCUT2D eigenvalue weighted by molar-refractivity contribution is 0.243. The van der Waals surface area contributed by atoms with Crippen molar-refractivity contribution in [1.82, 2.24) is 10.2 Å². The molecular formula is C19H32N2O.